The SMILES string of the molecule is O=C(O)N1CCCC1C=Cc1cccc(Cl)c1. The van der Waals surface area contributed by atoms with Crippen molar-refractivity contribution >= 4 is 23.8 Å². The molecule has 4 heteroatoms. The average molecular weight is 252 g/mol. The summed E-state index contributed by atoms with van der Waals surface area (Å²) in [6, 6.07) is 7.50. The second-order valence-electron chi connectivity index (χ2n) is 4.10. The molecule has 1 fully saturated rings. The third kappa shape index (κ3) is 3.01. The molecule has 0 aliphatic carbocycles. The molecule has 1 aliphatic heterocycles. The maximum atomic E-state index is 10.9. The molecule has 0 spiro atoms. The van der Waals surface area contributed by atoms with E-state index in [1.165, 1.54) is 4.90 Å². The van der Waals surface area contributed by atoms with Crippen LogP contribution in [0, 0.1) is 0 Å². The number of nitrogens with zero attached hydrogens (tertiary/aromatic N) is 1. The zero-order valence-corrected chi connectivity index (χ0v) is 10.1. The molecule has 1 amide bonds. The number of hydrogen-bond acceptors (Lipinski definition) is 1. The summed E-state index contributed by atoms with van der Waals surface area (Å²) < 4.78 is 0. The first kappa shape index (κ1) is 12.0. The lowest BCUT2D eigenvalue weighted by atomic mass is 10.1. The van der Waals surface area contributed by atoms with Crippen molar-refractivity contribution in [3.63, 3.8) is 0 Å². The number of amides is 1. The molecule has 1 heterocycles. The van der Waals surface area contributed by atoms with Crippen molar-refractivity contribution in [2.75, 3.05) is 6.54 Å². The predicted molar refractivity (Wildman–Crippen MR) is 68.2 cm³/mol. The van der Waals surface area contributed by atoms with E-state index < -0.39 is 6.09 Å². The van der Waals surface area contributed by atoms with Crippen LogP contribution in [0.25, 0.3) is 6.08 Å². The largest absolute Gasteiger partial charge is 0.465 e. The first-order valence-electron chi connectivity index (χ1n) is 5.60. The predicted octanol–water partition coefficient (Wildman–Crippen LogP) is 3.50. The van der Waals surface area contributed by atoms with Crippen LogP contribution in [0.3, 0.4) is 0 Å². The third-order valence-corrected chi connectivity index (χ3v) is 3.14. The standard InChI is InChI=1S/C13H14ClNO2/c14-11-4-1-3-10(9-11)6-7-12-5-2-8-15(12)13(16)17/h1,3-4,6-7,9,12H,2,5,8H2,(H,16,17). The van der Waals surface area contributed by atoms with E-state index >= 15 is 0 Å². The Balaban J connectivity index is 2.07. The van der Waals surface area contributed by atoms with Crippen LogP contribution in [-0.4, -0.2) is 28.7 Å². The van der Waals surface area contributed by atoms with Crippen molar-refractivity contribution in [2.45, 2.75) is 18.9 Å². The first-order valence-corrected chi connectivity index (χ1v) is 5.98. The van der Waals surface area contributed by atoms with Gasteiger partial charge in [0.05, 0.1) is 6.04 Å². The van der Waals surface area contributed by atoms with E-state index in [-0.39, 0.29) is 6.04 Å². The van der Waals surface area contributed by atoms with Gasteiger partial charge in [-0.2, -0.15) is 0 Å². The zero-order chi connectivity index (χ0) is 12.3. The molecule has 1 unspecified atom stereocenters. The van der Waals surface area contributed by atoms with E-state index in [2.05, 4.69) is 0 Å². The maximum Gasteiger partial charge on any atom is 0.407 e. The summed E-state index contributed by atoms with van der Waals surface area (Å²) in [5, 5.41) is 9.68. The van der Waals surface area contributed by atoms with E-state index in [0.717, 1.165) is 18.4 Å². The van der Waals surface area contributed by atoms with Crippen LogP contribution in [0.4, 0.5) is 4.79 Å². The molecule has 2 rings (SSSR count). The second-order valence-corrected chi connectivity index (χ2v) is 4.54. The summed E-state index contributed by atoms with van der Waals surface area (Å²) in [6.07, 6.45) is 4.84. The highest BCUT2D eigenvalue weighted by molar-refractivity contribution is 6.30. The molecule has 0 saturated carbocycles. The van der Waals surface area contributed by atoms with Crippen LogP contribution in [0.5, 0.6) is 0 Å². The van der Waals surface area contributed by atoms with E-state index in [0.29, 0.717) is 11.6 Å². The summed E-state index contributed by atoms with van der Waals surface area (Å²) in [6.45, 7) is 0.625. The lowest BCUT2D eigenvalue weighted by molar-refractivity contribution is 0.147. The number of halogens is 1. The maximum absolute atomic E-state index is 10.9. The molecule has 90 valence electrons. The molecule has 17 heavy (non-hydrogen) atoms. The fourth-order valence-electron chi connectivity index (χ4n) is 2.06. The zero-order valence-electron chi connectivity index (χ0n) is 9.34. The van der Waals surface area contributed by atoms with Crippen molar-refractivity contribution in [1.82, 2.24) is 4.90 Å². The normalized spacial score (nSPS) is 20.1. The molecule has 0 radical (unpaired) electrons. The summed E-state index contributed by atoms with van der Waals surface area (Å²) in [5.41, 5.74) is 0.995. The molecule has 1 aliphatic rings. The number of likely N-dealkylation sites (tertiary alicyclic amines) is 1. The van der Waals surface area contributed by atoms with E-state index in [4.69, 9.17) is 16.7 Å². The Morgan fingerprint density at radius 2 is 2.35 bits per heavy atom. The molecule has 1 atom stereocenters. The number of hydrogen-bond donors (Lipinski definition) is 1. The van der Waals surface area contributed by atoms with E-state index in [1.54, 1.807) is 0 Å². The van der Waals surface area contributed by atoms with Gasteiger partial charge in [-0.05, 0) is 30.5 Å². The molecule has 0 aromatic heterocycles. The van der Waals surface area contributed by atoms with Crippen molar-refractivity contribution in [2.24, 2.45) is 0 Å². The van der Waals surface area contributed by atoms with Crippen LogP contribution >= 0.6 is 11.6 Å². The summed E-state index contributed by atoms with van der Waals surface area (Å²) in [7, 11) is 0. The minimum atomic E-state index is -0.844. The topological polar surface area (TPSA) is 40.5 Å². The molecular weight excluding hydrogens is 238 g/mol. The van der Waals surface area contributed by atoms with Gasteiger partial charge in [-0.3, -0.25) is 0 Å². The number of carbonyl (C=O) groups is 1. The van der Waals surface area contributed by atoms with Gasteiger partial charge in [-0.25, -0.2) is 4.79 Å². The highest BCUT2D eigenvalue weighted by Gasteiger charge is 2.25. The van der Waals surface area contributed by atoms with Gasteiger partial charge in [-0.1, -0.05) is 35.9 Å². The van der Waals surface area contributed by atoms with Gasteiger partial charge in [0.15, 0.2) is 0 Å². The van der Waals surface area contributed by atoms with Crippen LogP contribution in [0.1, 0.15) is 18.4 Å². The molecule has 1 saturated heterocycles. The summed E-state index contributed by atoms with van der Waals surface area (Å²) in [5.74, 6) is 0. The molecular formula is C13H14ClNO2. The Morgan fingerprint density at radius 1 is 1.53 bits per heavy atom. The lowest BCUT2D eigenvalue weighted by Crippen LogP contribution is -2.32. The van der Waals surface area contributed by atoms with Crippen molar-refractivity contribution in [3.05, 3.63) is 40.9 Å². The smallest absolute Gasteiger partial charge is 0.407 e. The fraction of sp³-hybridized carbons (Fsp3) is 0.308. The van der Waals surface area contributed by atoms with Gasteiger partial charge < -0.3 is 10.0 Å². The van der Waals surface area contributed by atoms with Gasteiger partial charge in [0.25, 0.3) is 0 Å². The Morgan fingerprint density at radius 3 is 3.06 bits per heavy atom. The Bertz CT molecular complexity index is 445. The molecule has 1 aromatic carbocycles. The first-order chi connectivity index (χ1) is 8.16. The number of carboxylic acid groups (broad SMARTS) is 1. The lowest BCUT2D eigenvalue weighted by Gasteiger charge is -2.17. The van der Waals surface area contributed by atoms with Crippen molar-refractivity contribution in [3.8, 4) is 0 Å². The van der Waals surface area contributed by atoms with Crippen LogP contribution in [-0.2, 0) is 0 Å². The van der Waals surface area contributed by atoms with Crippen LogP contribution in [0.2, 0.25) is 5.02 Å². The number of rotatable bonds is 2. The minimum absolute atomic E-state index is 0.00789. The van der Waals surface area contributed by atoms with Crippen molar-refractivity contribution < 1.29 is 9.90 Å². The fourth-order valence-corrected chi connectivity index (χ4v) is 2.26. The van der Waals surface area contributed by atoms with E-state index in [1.807, 2.05) is 36.4 Å². The molecule has 1 aromatic rings. The van der Waals surface area contributed by atoms with Gasteiger partial charge >= 0.3 is 6.09 Å². The minimum Gasteiger partial charge on any atom is -0.465 e. The van der Waals surface area contributed by atoms with Gasteiger partial charge in [0.1, 0.15) is 0 Å². The molecule has 3 nitrogen and oxygen atoms in total. The highest BCUT2D eigenvalue weighted by atomic mass is 35.5. The Kier molecular flexibility index (Phi) is 3.69. The molecule has 0 bridgehead atoms. The summed E-state index contributed by atoms with van der Waals surface area (Å²) in [4.78, 5) is 12.4. The number of benzene rings is 1. The Hall–Kier alpha value is -1.48. The third-order valence-electron chi connectivity index (χ3n) is 2.90. The monoisotopic (exact) mass is 251 g/mol. The van der Waals surface area contributed by atoms with Gasteiger partial charge in [0, 0.05) is 11.6 Å². The quantitative estimate of drug-likeness (QED) is 0.874. The van der Waals surface area contributed by atoms with E-state index in [9.17, 15) is 4.79 Å². The van der Waals surface area contributed by atoms with Gasteiger partial charge in [-0.15, -0.1) is 0 Å². The summed E-state index contributed by atoms with van der Waals surface area (Å²) >= 11 is 5.88. The van der Waals surface area contributed by atoms with Crippen LogP contribution in [0.15, 0.2) is 30.3 Å². The molecule has 1 N–H and O–H groups in total. The highest BCUT2D eigenvalue weighted by Crippen LogP contribution is 2.20. The van der Waals surface area contributed by atoms with Crippen LogP contribution < -0.4 is 0 Å². The Labute approximate surface area is 105 Å². The van der Waals surface area contributed by atoms with Gasteiger partial charge in [0.2, 0.25) is 0 Å². The average Bonchev–Trinajstić information content (AvgIpc) is 2.74. The second kappa shape index (κ2) is 5.23. The van der Waals surface area contributed by atoms with Crippen molar-refractivity contribution in [1.29, 1.82) is 0 Å².